The number of halogens is 2. The Morgan fingerprint density at radius 1 is 1.32 bits per heavy atom. The number of carbonyl (C=O) groups excluding carboxylic acids is 3. The lowest BCUT2D eigenvalue weighted by Gasteiger charge is -2.22. The van der Waals surface area contributed by atoms with Crippen molar-refractivity contribution in [3.05, 3.63) is 35.4 Å². The molecule has 1 heterocycles. The molecule has 2 rings (SSSR count). The Balaban J connectivity index is 1.97. The first-order valence-corrected chi connectivity index (χ1v) is 8.09. The maximum atomic E-state index is 13.2. The van der Waals surface area contributed by atoms with Gasteiger partial charge in [0, 0.05) is 18.5 Å². The zero-order valence-electron chi connectivity index (χ0n) is 13.9. The van der Waals surface area contributed by atoms with E-state index in [9.17, 15) is 23.2 Å². The third-order valence-electron chi connectivity index (χ3n) is 4.18. The Kier molecular flexibility index (Phi) is 6.19. The Morgan fingerprint density at radius 3 is 2.60 bits per heavy atom. The summed E-state index contributed by atoms with van der Waals surface area (Å²) in [5, 5.41) is 5.13. The molecule has 8 heteroatoms. The fourth-order valence-electron chi connectivity index (χ4n) is 2.92. The van der Waals surface area contributed by atoms with E-state index >= 15 is 0 Å². The van der Waals surface area contributed by atoms with Crippen molar-refractivity contribution in [2.75, 3.05) is 6.54 Å². The Labute approximate surface area is 144 Å². The van der Waals surface area contributed by atoms with Gasteiger partial charge in [0.05, 0.1) is 18.5 Å². The minimum absolute atomic E-state index is 0.167. The van der Waals surface area contributed by atoms with Gasteiger partial charge in [0.2, 0.25) is 11.8 Å². The summed E-state index contributed by atoms with van der Waals surface area (Å²) in [6.07, 6.45) is 0.816. The van der Waals surface area contributed by atoms with Crippen molar-refractivity contribution in [3.63, 3.8) is 0 Å². The highest BCUT2D eigenvalue weighted by atomic mass is 19.1. The van der Waals surface area contributed by atoms with E-state index in [0.29, 0.717) is 25.5 Å². The summed E-state index contributed by atoms with van der Waals surface area (Å²) < 4.78 is 26.3. The minimum atomic E-state index is -0.952. The van der Waals surface area contributed by atoms with Crippen molar-refractivity contribution >= 4 is 17.6 Å². The van der Waals surface area contributed by atoms with E-state index in [1.54, 1.807) is 0 Å². The average Bonchev–Trinajstić information content (AvgIpc) is 2.67. The lowest BCUT2D eigenvalue weighted by Crippen LogP contribution is -2.51. The molecule has 6 nitrogen and oxygen atoms in total. The van der Waals surface area contributed by atoms with Crippen molar-refractivity contribution in [1.29, 1.82) is 0 Å². The van der Waals surface area contributed by atoms with E-state index in [1.165, 1.54) is 6.92 Å². The molecule has 1 aromatic carbocycles. The third kappa shape index (κ3) is 5.06. The van der Waals surface area contributed by atoms with Crippen molar-refractivity contribution in [3.8, 4) is 0 Å². The van der Waals surface area contributed by atoms with Gasteiger partial charge in [0.15, 0.2) is 5.78 Å². The fourth-order valence-corrected chi connectivity index (χ4v) is 2.92. The van der Waals surface area contributed by atoms with Gasteiger partial charge >= 0.3 is 0 Å². The Bertz CT molecular complexity index is 661. The van der Waals surface area contributed by atoms with Crippen LogP contribution in [-0.4, -0.2) is 36.2 Å². The molecular formula is C17H21F2N3O3. The molecule has 136 valence electrons. The quantitative estimate of drug-likeness (QED) is 0.715. The molecule has 2 amide bonds. The van der Waals surface area contributed by atoms with Crippen LogP contribution in [0, 0.1) is 17.6 Å². The number of carbonyl (C=O) groups is 3. The molecule has 4 N–H and O–H groups in total. The molecule has 0 aromatic heterocycles. The number of benzene rings is 1. The monoisotopic (exact) mass is 353 g/mol. The SMILES string of the molecule is C[C@H](NC(=O)Cc1cc(F)cc(F)c1)C(=O)[C@H]1CCCNC(=O)C1N. The topological polar surface area (TPSA) is 101 Å². The molecule has 0 bridgehead atoms. The molecule has 1 saturated heterocycles. The van der Waals surface area contributed by atoms with Crippen molar-refractivity contribution in [2.45, 2.75) is 38.3 Å². The summed E-state index contributed by atoms with van der Waals surface area (Å²) in [7, 11) is 0. The number of amides is 2. The maximum Gasteiger partial charge on any atom is 0.237 e. The van der Waals surface area contributed by atoms with Crippen LogP contribution in [0.2, 0.25) is 0 Å². The van der Waals surface area contributed by atoms with E-state index in [2.05, 4.69) is 10.6 Å². The first-order chi connectivity index (χ1) is 11.8. The van der Waals surface area contributed by atoms with Gasteiger partial charge in [-0.1, -0.05) is 0 Å². The average molecular weight is 353 g/mol. The summed E-state index contributed by atoms with van der Waals surface area (Å²) in [6.45, 7) is 1.96. The molecule has 1 aliphatic rings. The van der Waals surface area contributed by atoms with Crippen molar-refractivity contribution in [2.24, 2.45) is 11.7 Å². The number of nitrogens with two attached hydrogens (primary N) is 1. The smallest absolute Gasteiger partial charge is 0.237 e. The van der Waals surface area contributed by atoms with Crippen LogP contribution in [0.15, 0.2) is 18.2 Å². The third-order valence-corrected chi connectivity index (χ3v) is 4.18. The summed E-state index contributed by atoms with van der Waals surface area (Å²) in [5.41, 5.74) is 5.99. The first-order valence-electron chi connectivity index (χ1n) is 8.09. The zero-order valence-corrected chi connectivity index (χ0v) is 13.9. The highest BCUT2D eigenvalue weighted by molar-refractivity contribution is 5.95. The molecule has 1 unspecified atom stereocenters. The molecule has 0 spiro atoms. The summed E-state index contributed by atoms with van der Waals surface area (Å²) >= 11 is 0. The standard InChI is InChI=1S/C17H21F2N3O3/c1-9(16(24)13-3-2-4-21-17(25)15(13)20)22-14(23)7-10-5-11(18)8-12(19)6-10/h5-6,8-9,13,15H,2-4,7,20H2,1H3,(H,21,25)(H,22,23)/t9-,13-,15?/m0/s1. The Hall–Kier alpha value is -2.35. The molecule has 3 atom stereocenters. The van der Waals surface area contributed by atoms with E-state index in [4.69, 9.17) is 5.73 Å². The van der Waals surface area contributed by atoms with Gasteiger partial charge < -0.3 is 16.4 Å². The van der Waals surface area contributed by atoms with Gasteiger partial charge in [0.25, 0.3) is 0 Å². The van der Waals surface area contributed by atoms with E-state index in [-0.39, 0.29) is 23.7 Å². The zero-order chi connectivity index (χ0) is 18.6. The van der Waals surface area contributed by atoms with Gasteiger partial charge in [-0.3, -0.25) is 14.4 Å². The number of Topliss-reactive ketones (excluding diaryl/α,β-unsaturated/α-hetero) is 1. The second-order valence-corrected chi connectivity index (χ2v) is 6.21. The predicted octanol–water partition coefficient (Wildman–Crippen LogP) is 0.435. The summed E-state index contributed by atoms with van der Waals surface area (Å²) in [5.74, 6) is -3.49. The molecular weight excluding hydrogens is 332 g/mol. The predicted molar refractivity (Wildman–Crippen MR) is 86.4 cm³/mol. The van der Waals surface area contributed by atoms with Gasteiger partial charge in [0.1, 0.15) is 11.6 Å². The van der Waals surface area contributed by atoms with E-state index in [0.717, 1.165) is 12.1 Å². The van der Waals surface area contributed by atoms with Crippen LogP contribution in [0.1, 0.15) is 25.3 Å². The van der Waals surface area contributed by atoms with Gasteiger partial charge in [-0.05, 0) is 37.5 Å². The second-order valence-electron chi connectivity index (χ2n) is 6.21. The number of rotatable bonds is 5. The normalized spacial score (nSPS) is 21.8. The van der Waals surface area contributed by atoms with Crippen LogP contribution in [-0.2, 0) is 20.8 Å². The molecule has 25 heavy (non-hydrogen) atoms. The number of nitrogens with one attached hydrogen (secondary N) is 2. The maximum absolute atomic E-state index is 13.2. The van der Waals surface area contributed by atoms with Crippen LogP contribution >= 0.6 is 0 Å². The van der Waals surface area contributed by atoms with Gasteiger partial charge in [-0.2, -0.15) is 0 Å². The lowest BCUT2D eigenvalue weighted by molar-refractivity contribution is -0.132. The van der Waals surface area contributed by atoms with Gasteiger partial charge in [-0.25, -0.2) is 8.78 Å². The Morgan fingerprint density at radius 2 is 1.96 bits per heavy atom. The van der Waals surface area contributed by atoms with Crippen LogP contribution in [0.4, 0.5) is 8.78 Å². The van der Waals surface area contributed by atoms with Crippen molar-refractivity contribution < 1.29 is 23.2 Å². The van der Waals surface area contributed by atoms with Crippen LogP contribution in [0.25, 0.3) is 0 Å². The second kappa shape index (κ2) is 8.15. The molecule has 0 radical (unpaired) electrons. The molecule has 1 fully saturated rings. The summed E-state index contributed by atoms with van der Waals surface area (Å²) in [6, 6.07) is 1.02. The first kappa shape index (κ1) is 19.0. The highest BCUT2D eigenvalue weighted by Crippen LogP contribution is 2.17. The van der Waals surface area contributed by atoms with E-state index in [1.807, 2.05) is 0 Å². The largest absolute Gasteiger partial charge is 0.355 e. The molecule has 1 aromatic rings. The van der Waals surface area contributed by atoms with E-state index < -0.39 is 35.5 Å². The highest BCUT2D eigenvalue weighted by Gasteiger charge is 2.34. The van der Waals surface area contributed by atoms with Crippen LogP contribution in [0.5, 0.6) is 0 Å². The lowest BCUT2D eigenvalue weighted by atomic mass is 9.88. The van der Waals surface area contributed by atoms with Crippen molar-refractivity contribution in [1.82, 2.24) is 10.6 Å². The summed E-state index contributed by atoms with van der Waals surface area (Å²) in [4.78, 5) is 36.3. The molecule has 0 aliphatic carbocycles. The number of hydrogen-bond acceptors (Lipinski definition) is 4. The number of ketones is 1. The molecule has 0 saturated carbocycles. The fraction of sp³-hybridized carbons (Fsp3) is 0.471. The molecule has 1 aliphatic heterocycles. The minimum Gasteiger partial charge on any atom is -0.355 e. The van der Waals surface area contributed by atoms with Crippen LogP contribution in [0.3, 0.4) is 0 Å². The van der Waals surface area contributed by atoms with Crippen LogP contribution < -0.4 is 16.4 Å². The number of hydrogen-bond donors (Lipinski definition) is 3. The van der Waals surface area contributed by atoms with Gasteiger partial charge in [-0.15, -0.1) is 0 Å².